The molecule has 2 atom stereocenters. The third kappa shape index (κ3) is 6.11. The number of rotatable bonds is 7. The lowest BCUT2D eigenvalue weighted by molar-refractivity contribution is -0.0367. The highest BCUT2D eigenvalue weighted by molar-refractivity contribution is 5.80. The number of benzene rings is 1. The largest absolute Gasteiger partial charge is 0.489 e. The smallest absolute Gasteiger partial charge is 0.193 e. The molecule has 156 valence electrons. The van der Waals surface area contributed by atoms with E-state index in [4.69, 9.17) is 14.2 Å². The molecule has 2 heterocycles. The fourth-order valence-electron chi connectivity index (χ4n) is 3.77. The summed E-state index contributed by atoms with van der Waals surface area (Å²) in [7, 11) is 1.84. The SMILES string of the molecule is CN=C(NCC(C)Oc1ccccc1C)N1CCC(OCC2CCCO2)CC1. The second-order valence-corrected chi connectivity index (χ2v) is 7.78. The molecular weight excluding hydrogens is 354 g/mol. The van der Waals surface area contributed by atoms with E-state index in [-0.39, 0.29) is 6.10 Å². The van der Waals surface area contributed by atoms with Crippen LogP contribution < -0.4 is 10.1 Å². The normalized spacial score (nSPS) is 22.3. The predicted molar refractivity (Wildman–Crippen MR) is 112 cm³/mol. The Bertz CT molecular complexity index is 623. The molecule has 2 fully saturated rings. The molecule has 6 heteroatoms. The molecule has 0 aromatic heterocycles. The number of nitrogens with zero attached hydrogens (tertiary/aromatic N) is 2. The van der Waals surface area contributed by atoms with Gasteiger partial charge >= 0.3 is 0 Å². The van der Waals surface area contributed by atoms with E-state index in [0.29, 0.717) is 12.2 Å². The number of hydrogen-bond donors (Lipinski definition) is 1. The minimum absolute atomic E-state index is 0.0603. The van der Waals surface area contributed by atoms with Crippen molar-refractivity contribution in [3.05, 3.63) is 29.8 Å². The van der Waals surface area contributed by atoms with Crippen LogP contribution in [0.3, 0.4) is 0 Å². The summed E-state index contributed by atoms with van der Waals surface area (Å²) in [6.45, 7) is 8.42. The Morgan fingerprint density at radius 3 is 2.75 bits per heavy atom. The molecule has 3 rings (SSSR count). The van der Waals surface area contributed by atoms with Gasteiger partial charge < -0.3 is 24.4 Å². The van der Waals surface area contributed by atoms with Crippen molar-refractivity contribution in [3.63, 3.8) is 0 Å². The molecule has 0 radical (unpaired) electrons. The minimum atomic E-state index is 0.0603. The van der Waals surface area contributed by atoms with Crippen LogP contribution in [0, 0.1) is 6.92 Å². The van der Waals surface area contributed by atoms with Crippen molar-refractivity contribution in [3.8, 4) is 5.75 Å². The van der Waals surface area contributed by atoms with E-state index in [0.717, 1.165) is 69.4 Å². The highest BCUT2D eigenvalue weighted by Gasteiger charge is 2.24. The molecule has 0 saturated carbocycles. The zero-order valence-corrected chi connectivity index (χ0v) is 17.5. The van der Waals surface area contributed by atoms with Crippen molar-refractivity contribution in [2.45, 2.75) is 57.8 Å². The lowest BCUT2D eigenvalue weighted by atomic mass is 10.1. The van der Waals surface area contributed by atoms with Crippen molar-refractivity contribution < 1.29 is 14.2 Å². The second-order valence-electron chi connectivity index (χ2n) is 7.78. The Labute approximate surface area is 169 Å². The predicted octanol–water partition coefficient (Wildman–Crippen LogP) is 3.00. The van der Waals surface area contributed by atoms with Crippen LogP contribution in [0.25, 0.3) is 0 Å². The molecule has 1 aromatic rings. The lowest BCUT2D eigenvalue weighted by Crippen LogP contribution is -2.49. The number of guanidine groups is 1. The third-order valence-corrected chi connectivity index (χ3v) is 5.46. The van der Waals surface area contributed by atoms with Crippen LogP contribution in [-0.2, 0) is 9.47 Å². The molecule has 1 aromatic carbocycles. The molecule has 0 amide bonds. The maximum absolute atomic E-state index is 6.07. The van der Waals surface area contributed by atoms with Gasteiger partial charge in [-0.15, -0.1) is 0 Å². The molecule has 2 unspecified atom stereocenters. The summed E-state index contributed by atoms with van der Waals surface area (Å²) in [5, 5.41) is 3.46. The highest BCUT2D eigenvalue weighted by Crippen LogP contribution is 2.19. The summed E-state index contributed by atoms with van der Waals surface area (Å²) in [4.78, 5) is 6.77. The summed E-state index contributed by atoms with van der Waals surface area (Å²) < 4.78 is 17.8. The molecule has 1 N–H and O–H groups in total. The van der Waals surface area contributed by atoms with Crippen LogP contribution in [0.5, 0.6) is 5.75 Å². The first-order valence-electron chi connectivity index (χ1n) is 10.6. The molecule has 2 aliphatic rings. The van der Waals surface area contributed by atoms with Gasteiger partial charge in [0.2, 0.25) is 0 Å². The van der Waals surface area contributed by atoms with Crippen molar-refractivity contribution in [1.82, 2.24) is 10.2 Å². The number of piperidine rings is 1. The van der Waals surface area contributed by atoms with Gasteiger partial charge in [0.15, 0.2) is 5.96 Å². The van der Waals surface area contributed by atoms with Crippen LogP contribution in [0.15, 0.2) is 29.3 Å². The molecule has 2 aliphatic heterocycles. The lowest BCUT2D eigenvalue weighted by Gasteiger charge is -2.34. The van der Waals surface area contributed by atoms with Gasteiger partial charge in [-0.05, 0) is 51.2 Å². The molecule has 28 heavy (non-hydrogen) atoms. The van der Waals surface area contributed by atoms with Gasteiger partial charge in [-0.25, -0.2) is 0 Å². The average molecular weight is 390 g/mol. The van der Waals surface area contributed by atoms with E-state index >= 15 is 0 Å². The third-order valence-electron chi connectivity index (χ3n) is 5.46. The van der Waals surface area contributed by atoms with Gasteiger partial charge in [-0.2, -0.15) is 0 Å². The van der Waals surface area contributed by atoms with Crippen molar-refractivity contribution >= 4 is 5.96 Å². The summed E-state index contributed by atoms with van der Waals surface area (Å²) in [6.07, 6.45) is 5.07. The average Bonchev–Trinajstić information content (AvgIpc) is 3.23. The number of ether oxygens (including phenoxy) is 3. The van der Waals surface area contributed by atoms with Gasteiger partial charge in [-0.1, -0.05) is 18.2 Å². The van der Waals surface area contributed by atoms with Gasteiger partial charge in [0, 0.05) is 26.7 Å². The molecule has 2 saturated heterocycles. The number of para-hydroxylation sites is 1. The Balaban J connectivity index is 1.37. The van der Waals surface area contributed by atoms with Gasteiger partial charge in [-0.3, -0.25) is 4.99 Å². The second kappa shape index (κ2) is 10.7. The van der Waals surface area contributed by atoms with Gasteiger partial charge in [0.05, 0.1) is 25.4 Å². The summed E-state index contributed by atoms with van der Waals surface area (Å²) in [5.41, 5.74) is 1.16. The van der Waals surface area contributed by atoms with Crippen molar-refractivity contribution in [2.24, 2.45) is 4.99 Å². The Kier molecular flexibility index (Phi) is 7.98. The molecule has 0 bridgehead atoms. The van der Waals surface area contributed by atoms with Crippen LogP contribution in [0.4, 0.5) is 0 Å². The topological polar surface area (TPSA) is 55.3 Å². The monoisotopic (exact) mass is 389 g/mol. The van der Waals surface area contributed by atoms with Crippen molar-refractivity contribution in [1.29, 1.82) is 0 Å². The van der Waals surface area contributed by atoms with Crippen LogP contribution in [0.2, 0.25) is 0 Å². The van der Waals surface area contributed by atoms with E-state index in [1.165, 1.54) is 6.42 Å². The quantitative estimate of drug-likeness (QED) is 0.574. The first-order chi connectivity index (χ1) is 13.7. The first-order valence-corrected chi connectivity index (χ1v) is 10.6. The fraction of sp³-hybridized carbons (Fsp3) is 0.682. The number of hydrogen-bond acceptors (Lipinski definition) is 4. The minimum Gasteiger partial charge on any atom is -0.489 e. The number of aliphatic imine (C=N–C) groups is 1. The maximum Gasteiger partial charge on any atom is 0.193 e. The summed E-state index contributed by atoms with van der Waals surface area (Å²) >= 11 is 0. The molecular formula is C22H35N3O3. The zero-order chi connectivity index (χ0) is 19.8. The summed E-state index contributed by atoms with van der Waals surface area (Å²) in [6, 6.07) is 8.12. The van der Waals surface area contributed by atoms with Gasteiger partial charge in [0.25, 0.3) is 0 Å². The highest BCUT2D eigenvalue weighted by atomic mass is 16.5. The standard InChI is InChI=1S/C22H35N3O3/c1-17-7-4-5-9-21(17)28-18(2)15-24-22(23-3)25-12-10-19(11-13-25)27-16-20-8-6-14-26-20/h4-5,7,9,18-20H,6,8,10-16H2,1-3H3,(H,23,24). The maximum atomic E-state index is 6.07. The first kappa shape index (κ1) is 20.9. The van der Waals surface area contributed by atoms with Crippen molar-refractivity contribution in [2.75, 3.05) is 39.9 Å². The van der Waals surface area contributed by atoms with E-state index in [1.54, 1.807) is 0 Å². The number of likely N-dealkylation sites (tertiary alicyclic amines) is 1. The molecule has 0 spiro atoms. The molecule has 6 nitrogen and oxygen atoms in total. The summed E-state index contributed by atoms with van der Waals surface area (Å²) in [5.74, 6) is 1.88. The Morgan fingerprint density at radius 2 is 2.07 bits per heavy atom. The number of nitrogens with one attached hydrogen (secondary N) is 1. The fourth-order valence-corrected chi connectivity index (χ4v) is 3.77. The van der Waals surface area contributed by atoms with Gasteiger partial charge in [0.1, 0.15) is 11.9 Å². The van der Waals surface area contributed by atoms with E-state index in [9.17, 15) is 0 Å². The van der Waals surface area contributed by atoms with E-state index in [1.807, 2.05) is 25.2 Å². The zero-order valence-electron chi connectivity index (χ0n) is 17.5. The molecule has 0 aliphatic carbocycles. The van der Waals surface area contributed by atoms with Crippen LogP contribution >= 0.6 is 0 Å². The van der Waals surface area contributed by atoms with E-state index < -0.39 is 0 Å². The number of aryl methyl sites for hydroxylation is 1. The Hall–Kier alpha value is -1.79. The van der Waals surface area contributed by atoms with E-state index in [2.05, 4.69) is 35.1 Å². The van der Waals surface area contributed by atoms with Crippen LogP contribution in [0.1, 0.15) is 38.2 Å². The van der Waals surface area contributed by atoms with Crippen LogP contribution in [-0.4, -0.2) is 69.1 Å². The Morgan fingerprint density at radius 1 is 1.29 bits per heavy atom.